The first-order valence-electron chi connectivity index (χ1n) is 7.44. The van der Waals surface area contributed by atoms with E-state index in [-0.39, 0.29) is 0 Å². The summed E-state index contributed by atoms with van der Waals surface area (Å²) in [5.41, 5.74) is 2.29. The Morgan fingerprint density at radius 3 is 2.65 bits per heavy atom. The van der Waals surface area contributed by atoms with Crippen LogP contribution in [0.5, 0.6) is 0 Å². The third-order valence-electron chi connectivity index (χ3n) is 3.93. The number of benzene rings is 1. The van der Waals surface area contributed by atoms with Crippen molar-refractivity contribution in [2.45, 2.75) is 51.4 Å². The van der Waals surface area contributed by atoms with Gasteiger partial charge in [0.15, 0.2) is 0 Å². The second-order valence-electron chi connectivity index (χ2n) is 5.44. The monoisotopic (exact) mass is 271 g/mol. The molecule has 0 bridgehead atoms. The number of rotatable bonds is 5. The standard InChI is InChI=1S/C16H21N3O/c1-3-7-14(8-4-1)12-20-13-16-11-17-18-19(16)15-9-5-2-6-10-15/h1,3-4,7-8,11,15H,2,5-6,9-10,12-13H2. The Morgan fingerprint density at radius 1 is 1.05 bits per heavy atom. The minimum Gasteiger partial charge on any atom is -0.370 e. The summed E-state index contributed by atoms with van der Waals surface area (Å²) in [6.45, 7) is 1.22. The van der Waals surface area contributed by atoms with Crippen molar-refractivity contribution >= 4 is 0 Å². The van der Waals surface area contributed by atoms with E-state index in [0.717, 1.165) is 5.69 Å². The molecule has 0 saturated heterocycles. The molecule has 106 valence electrons. The molecule has 1 saturated carbocycles. The van der Waals surface area contributed by atoms with E-state index >= 15 is 0 Å². The third kappa shape index (κ3) is 3.25. The van der Waals surface area contributed by atoms with Crippen LogP contribution in [0.2, 0.25) is 0 Å². The van der Waals surface area contributed by atoms with Gasteiger partial charge in [-0.1, -0.05) is 54.8 Å². The largest absolute Gasteiger partial charge is 0.370 e. The fraction of sp³-hybridized carbons (Fsp3) is 0.500. The lowest BCUT2D eigenvalue weighted by Crippen LogP contribution is -2.17. The van der Waals surface area contributed by atoms with Crippen LogP contribution in [-0.2, 0) is 18.0 Å². The third-order valence-corrected chi connectivity index (χ3v) is 3.93. The van der Waals surface area contributed by atoms with Gasteiger partial charge in [-0.05, 0) is 18.4 Å². The van der Waals surface area contributed by atoms with Crippen LogP contribution in [0, 0.1) is 0 Å². The van der Waals surface area contributed by atoms with E-state index in [4.69, 9.17) is 4.74 Å². The van der Waals surface area contributed by atoms with Gasteiger partial charge in [0.25, 0.3) is 0 Å². The highest BCUT2D eigenvalue weighted by atomic mass is 16.5. The van der Waals surface area contributed by atoms with Gasteiger partial charge in [0.05, 0.1) is 31.1 Å². The maximum atomic E-state index is 5.79. The highest BCUT2D eigenvalue weighted by molar-refractivity contribution is 5.13. The lowest BCUT2D eigenvalue weighted by molar-refractivity contribution is 0.0987. The Hall–Kier alpha value is -1.68. The molecule has 0 atom stereocenters. The number of hydrogen-bond donors (Lipinski definition) is 0. The highest BCUT2D eigenvalue weighted by Gasteiger charge is 2.18. The van der Waals surface area contributed by atoms with Crippen molar-refractivity contribution in [2.24, 2.45) is 0 Å². The van der Waals surface area contributed by atoms with Crippen molar-refractivity contribution in [3.63, 3.8) is 0 Å². The minimum atomic E-state index is 0.515. The second kappa shape index (κ2) is 6.66. The zero-order chi connectivity index (χ0) is 13.6. The molecular weight excluding hydrogens is 250 g/mol. The first-order valence-corrected chi connectivity index (χ1v) is 7.44. The van der Waals surface area contributed by atoms with Crippen LogP contribution >= 0.6 is 0 Å². The number of nitrogens with zero attached hydrogens (tertiary/aromatic N) is 3. The van der Waals surface area contributed by atoms with Gasteiger partial charge in [0.1, 0.15) is 0 Å². The molecule has 4 heteroatoms. The highest BCUT2D eigenvalue weighted by Crippen LogP contribution is 2.28. The van der Waals surface area contributed by atoms with E-state index < -0.39 is 0 Å². The van der Waals surface area contributed by atoms with Gasteiger partial charge in [0, 0.05) is 0 Å². The molecule has 3 rings (SSSR count). The molecule has 4 nitrogen and oxygen atoms in total. The molecule has 1 heterocycles. The summed E-state index contributed by atoms with van der Waals surface area (Å²) < 4.78 is 7.87. The van der Waals surface area contributed by atoms with Crippen LogP contribution in [0.15, 0.2) is 36.5 Å². The first-order chi connectivity index (χ1) is 9.93. The first kappa shape index (κ1) is 13.3. The molecule has 1 aliphatic rings. The summed E-state index contributed by atoms with van der Waals surface area (Å²) in [6, 6.07) is 10.8. The van der Waals surface area contributed by atoms with Gasteiger partial charge in [-0.2, -0.15) is 0 Å². The van der Waals surface area contributed by atoms with Crippen molar-refractivity contribution < 1.29 is 4.74 Å². The van der Waals surface area contributed by atoms with E-state index in [0.29, 0.717) is 19.3 Å². The number of hydrogen-bond acceptors (Lipinski definition) is 3. The smallest absolute Gasteiger partial charge is 0.0905 e. The molecule has 0 aliphatic heterocycles. The molecule has 1 aromatic heterocycles. The van der Waals surface area contributed by atoms with Gasteiger partial charge in [-0.3, -0.25) is 0 Å². The summed E-state index contributed by atoms with van der Waals surface area (Å²) in [5, 5.41) is 8.31. The van der Waals surface area contributed by atoms with E-state index in [1.165, 1.54) is 37.7 Å². The van der Waals surface area contributed by atoms with Gasteiger partial charge >= 0.3 is 0 Å². The Kier molecular flexibility index (Phi) is 4.43. The fourth-order valence-corrected chi connectivity index (χ4v) is 2.85. The summed E-state index contributed by atoms with van der Waals surface area (Å²) in [4.78, 5) is 0. The van der Waals surface area contributed by atoms with E-state index in [9.17, 15) is 0 Å². The summed E-state index contributed by atoms with van der Waals surface area (Å²) >= 11 is 0. The predicted molar refractivity (Wildman–Crippen MR) is 77.1 cm³/mol. The van der Waals surface area contributed by atoms with Crippen LogP contribution in [0.1, 0.15) is 49.4 Å². The summed E-state index contributed by atoms with van der Waals surface area (Å²) in [6.07, 6.45) is 8.22. The number of ether oxygens (including phenoxy) is 1. The number of aromatic nitrogens is 3. The molecular formula is C16H21N3O. The Bertz CT molecular complexity index is 518. The maximum absolute atomic E-state index is 5.79. The van der Waals surface area contributed by atoms with Crippen LogP contribution < -0.4 is 0 Å². The fourth-order valence-electron chi connectivity index (χ4n) is 2.85. The van der Waals surface area contributed by atoms with E-state index in [2.05, 4.69) is 27.1 Å². The Morgan fingerprint density at radius 2 is 1.85 bits per heavy atom. The second-order valence-corrected chi connectivity index (χ2v) is 5.44. The van der Waals surface area contributed by atoms with E-state index in [1.54, 1.807) is 0 Å². The van der Waals surface area contributed by atoms with Crippen LogP contribution in [0.4, 0.5) is 0 Å². The van der Waals surface area contributed by atoms with E-state index in [1.807, 2.05) is 24.4 Å². The normalized spacial score (nSPS) is 16.4. The van der Waals surface area contributed by atoms with Crippen LogP contribution in [0.25, 0.3) is 0 Å². The topological polar surface area (TPSA) is 39.9 Å². The van der Waals surface area contributed by atoms with Crippen molar-refractivity contribution in [3.05, 3.63) is 47.8 Å². The molecule has 2 aromatic rings. The predicted octanol–water partition coefficient (Wildman–Crippen LogP) is 3.50. The molecule has 0 unspecified atom stereocenters. The zero-order valence-electron chi connectivity index (χ0n) is 11.7. The Labute approximate surface area is 119 Å². The maximum Gasteiger partial charge on any atom is 0.0905 e. The van der Waals surface area contributed by atoms with Crippen LogP contribution in [0.3, 0.4) is 0 Å². The molecule has 1 aliphatic carbocycles. The Balaban J connectivity index is 1.56. The molecule has 0 radical (unpaired) electrons. The molecule has 1 aromatic carbocycles. The molecule has 1 fully saturated rings. The lowest BCUT2D eigenvalue weighted by Gasteiger charge is -2.23. The minimum absolute atomic E-state index is 0.515. The SMILES string of the molecule is c1ccc(COCc2cnnn2C2CCCCC2)cc1. The molecule has 0 amide bonds. The summed E-state index contributed by atoms with van der Waals surface area (Å²) in [5.74, 6) is 0. The van der Waals surface area contributed by atoms with Crippen molar-refractivity contribution in [3.8, 4) is 0 Å². The van der Waals surface area contributed by atoms with Crippen molar-refractivity contribution in [1.29, 1.82) is 0 Å². The zero-order valence-corrected chi connectivity index (χ0v) is 11.7. The van der Waals surface area contributed by atoms with Gasteiger partial charge in [0.2, 0.25) is 0 Å². The van der Waals surface area contributed by atoms with Gasteiger partial charge in [-0.25, -0.2) is 4.68 Å². The quantitative estimate of drug-likeness (QED) is 0.835. The summed E-state index contributed by atoms with van der Waals surface area (Å²) in [7, 11) is 0. The lowest BCUT2D eigenvalue weighted by atomic mass is 9.95. The van der Waals surface area contributed by atoms with Crippen molar-refractivity contribution in [1.82, 2.24) is 15.0 Å². The van der Waals surface area contributed by atoms with Crippen molar-refractivity contribution in [2.75, 3.05) is 0 Å². The van der Waals surface area contributed by atoms with Gasteiger partial charge in [-0.15, -0.1) is 5.10 Å². The molecule has 20 heavy (non-hydrogen) atoms. The molecule has 0 N–H and O–H groups in total. The average Bonchev–Trinajstić information content (AvgIpc) is 2.98. The average molecular weight is 271 g/mol. The van der Waals surface area contributed by atoms with Crippen LogP contribution in [-0.4, -0.2) is 15.0 Å². The van der Waals surface area contributed by atoms with Gasteiger partial charge < -0.3 is 4.74 Å². The molecule has 0 spiro atoms.